The summed E-state index contributed by atoms with van der Waals surface area (Å²) in [5, 5.41) is 3.02. The molecule has 0 saturated carbocycles. The van der Waals surface area contributed by atoms with E-state index in [0.717, 1.165) is 0 Å². The van der Waals surface area contributed by atoms with Gasteiger partial charge in [-0.3, -0.25) is 14.4 Å². The van der Waals surface area contributed by atoms with Crippen LogP contribution in [-0.4, -0.2) is 71.4 Å². The van der Waals surface area contributed by atoms with Crippen LogP contribution in [0.4, 0.5) is 0 Å². The standard InChI is InChI=1S/C21H25ClN4O4/c1-14(2)23-19(27)21(29)26-10-8-25(9-11-26)20(28)15-12-16(22)17(13-18(15)30-3)24-6-4-5-7-24/h4-7,12-14H,8-11H2,1-3H3,(H,23,27). The number of benzene rings is 1. The third kappa shape index (κ3) is 4.59. The maximum atomic E-state index is 13.1. The zero-order chi connectivity index (χ0) is 21.8. The lowest BCUT2D eigenvalue weighted by molar-refractivity contribution is -0.147. The van der Waals surface area contributed by atoms with Gasteiger partial charge in [0.25, 0.3) is 5.91 Å². The predicted octanol–water partition coefficient (Wildman–Crippen LogP) is 1.95. The number of hydrogen-bond donors (Lipinski definition) is 1. The molecule has 0 aliphatic carbocycles. The van der Waals surface area contributed by atoms with Crippen molar-refractivity contribution >= 4 is 29.3 Å². The number of hydrogen-bond acceptors (Lipinski definition) is 4. The minimum Gasteiger partial charge on any atom is -0.496 e. The van der Waals surface area contributed by atoms with Gasteiger partial charge >= 0.3 is 11.8 Å². The number of aromatic nitrogens is 1. The van der Waals surface area contributed by atoms with Gasteiger partial charge in [0.05, 0.1) is 23.4 Å². The van der Waals surface area contributed by atoms with E-state index < -0.39 is 11.8 Å². The first-order valence-electron chi connectivity index (χ1n) is 9.71. The SMILES string of the molecule is COc1cc(-n2cccc2)c(Cl)cc1C(=O)N1CCN(C(=O)C(=O)NC(C)C)CC1. The second-order valence-electron chi connectivity index (χ2n) is 7.31. The van der Waals surface area contributed by atoms with Gasteiger partial charge in [-0.15, -0.1) is 0 Å². The van der Waals surface area contributed by atoms with Crippen LogP contribution >= 0.6 is 11.6 Å². The van der Waals surface area contributed by atoms with Gasteiger partial charge in [0.15, 0.2) is 0 Å². The minimum absolute atomic E-state index is 0.115. The van der Waals surface area contributed by atoms with Crippen LogP contribution in [0.1, 0.15) is 24.2 Å². The summed E-state index contributed by atoms with van der Waals surface area (Å²) in [5.41, 5.74) is 1.07. The Morgan fingerprint density at radius 2 is 1.63 bits per heavy atom. The number of nitrogens with one attached hydrogen (secondary N) is 1. The number of carbonyl (C=O) groups excluding carboxylic acids is 3. The molecule has 1 aromatic heterocycles. The van der Waals surface area contributed by atoms with E-state index in [2.05, 4.69) is 5.32 Å². The Hall–Kier alpha value is -3.00. The molecule has 1 aromatic carbocycles. The van der Waals surface area contributed by atoms with Crippen molar-refractivity contribution in [1.29, 1.82) is 0 Å². The van der Waals surface area contributed by atoms with Crippen molar-refractivity contribution in [1.82, 2.24) is 19.7 Å². The van der Waals surface area contributed by atoms with Crippen LogP contribution in [0.5, 0.6) is 5.75 Å². The van der Waals surface area contributed by atoms with Crippen molar-refractivity contribution in [2.45, 2.75) is 19.9 Å². The highest BCUT2D eigenvalue weighted by atomic mass is 35.5. The molecule has 2 heterocycles. The van der Waals surface area contributed by atoms with E-state index in [9.17, 15) is 14.4 Å². The van der Waals surface area contributed by atoms with Crippen LogP contribution in [0.2, 0.25) is 5.02 Å². The number of nitrogens with zero attached hydrogens (tertiary/aromatic N) is 3. The molecule has 1 saturated heterocycles. The summed E-state index contributed by atoms with van der Waals surface area (Å²) in [5.74, 6) is -1.01. The molecule has 9 heteroatoms. The van der Waals surface area contributed by atoms with Crippen molar-refractivity contribution in [2.24, 2.45) is 0 Å². The molecule has 160 valence electrons. The van der Waals surface area contributed by atoms with E-state index in [1.807, 2.05) is 29.1 Å². The first kappa shape index (κ1) is 21.7. The Bertz CT molecular complexity index is 935. The first-order chi connectivity index (χ1) is 14.3. The highest BCUT2D eigenvalue weighted by Gasteiger charge is 2.30. The second kappa shape index (κ2) is 9.21. The van der Waals surface area contributed by atoms with Crippen LogP contribution in [0, 0.1) is 0 Å². The smallest absolute Gasteiger partial charge is 0.312 e. The van der Waals surface area contributed by atoms with Gasteiger partial charge in [0.1, 0.15) is 5.75 Å². The third-order valence-corrected chi connectivity index (χ3v) is 5.15. The first-order valence-corrected chi connectivity index (χ1v) is 10.1. The van der Waals surface area contributed by atoms with Crippen LogP contribution in [0.3, 0.4) is 0 Å². The topological polar surface area (TPSA) is 83.9 Å². The fraction of sp³-hybridized carbons (Fsp3) is 0.381. The van der Waals surface area contributed by atoms with Gasteiger partial charge in [-0.05, 0) is 32.0 Å². The Balaban J connectivity index is 1.71. The molecular formula is C21H25ClN4O4. The molecule has 1 aliphatic heterocycles. The number of carbonyl (C=O) groups is 3. The summed E-state index contributed by atoms with van der Waals surface area (Å²) in [6.07, 6.45) is 3.71. The third-order valence-electron chi connectivity index (χ3n) is 4.85. The molecule has 0 bridgehead atoms. The molecule has 0 unspecified atom stereocenters. The maximum Gasteiger partial charge on any atom is 0.312 e. The van der Waals surface area contributed by atoms with Crippen molar-refractivity contribution in [3.05, 3.63) is 47.2 Å². The largest absolute Gasteiger partial charge is 0.496 e. The Labute approximate surface area is 180 Å². The van der Waals surface area contributed by atoms with Gasteiger partial charge in [-0.1, -0.05) is 11.6 Å². The van der Waals surface area contributed by atoms with Crippen LogP contribution in [-0.2, 0) is 9.59 Å². The molecule has 1 N–H and O–H groups in total. The molecule has 3 rings (SSSR count). The second-order valence-corrected chi connectivity index (χ2v) is 7.71. The van der Waals surface area contributed by atoms with Crippen molar-refractivity contribution in [3.8, 4) is 11.4 Å². The van der Waals surface area contributed by atoms with E-state index in [1.54, 1.807) is 30.9 Å². The van der Waals surface area contributed by atoms with Crippen molar-refractivity contribution in [3.63, 3.8) is 0 Å². The van der Waals surface area contributed by atoms with Gasteiger partial charge in [0, 0.05) is 50.7 Å². The molecular weight excluding hydrogens is 408 g/mol. The summed E-state index contributed by atoms with van der Waals surface area (Å²) in [4.78, 5) is 40.3. The lowest BCUT2D eigenvalue weighted by atomic mass is 10.1. The zero-order valence-electron chi connectivity index (χ0n) is 17.2. The zero-order valence-corrected chi connectivity index (χ0v) is 18.0. The number of methoxy groups -OCH3 is 1. The maximum absolute atomic E-state index is 13.1. The molecule has 2 aromatic rings. The van der Waals surface area contributed by atoms with Gasteiger partial charge in [-0.25, -0.2) is 0 Å². The molecule has 30 heavy (non-hydrogen) atoms. The lowest BCUT2D eigenvalue weighted by Crippen LogP contribution is -2.54. The highest BCUT2D eigenvalue weighted by molar-refractivity contribution is 6.35. The molecule has 0 atom stereocenters. The number of halogens is 1. The molecule has 0 radical (unpaired) electrons. The lowest BCUT2D eigenvalue weighted by Gasteiger charge is -2.34. The van der Waals surface area contributed by atoms with E-state index >= 15 is 0 Å². The summed E-state index contributed by atoms with van der Waals surface area (Å²) in [6, 6.07) is 6.97. The quantitative estimate of drug-likeness (QED) is 0.748. The average Bonchev–Trinajstić information content (AvgIpc) is 3.26. The minimum atomic E-state index is -0.626. The van der Waals surface area contributed by atoms with Gasteiger partial charge in [0.2, 0.25) is 0 Å². The van der Waals surface area contributed by atoms with E-state index in [0.29, 0.717) is 35.1 Å². The monoisotopic (exact) mass is 432 g/mol. The predicted molar refractivity (Wildman–Crippen MR) is 113 cm³/mol. The summed E-state index contributed by atoms with van der Waals surface area (Å²) in [6.45, 7) is 4.80. The molecule has 0 spiro atoms. The Morgan fingerprint density at radius 3 is 2.20 bits per heavy atom. The van der Waals surface area contributed by atoms with Crippen molar-refractivity contribution < 1.29 is 19.1 Å². The fourth-order valence-corrected chi connectivity index (χ4v) is 3.58. The van der Waals surface area contributed by atoms with E-state index in [4.69, 9.17) is 16.3 Å². The average molecular weight is 433 g/mol. The molecule has 1 fully saturated rings. The Kier molecular flexibility index (Phi) is 6.66. The van der Waals surface area contributed by atoms with Crippen LogP contribution in [0.25, 0.3) is 5.69 Å². The molecule has 3 amide bonds. The van der Waals surface area contributed by atoms with Crippen molar-refractivity contribution in [2.75, 3.05) is 33.3 Å². The molecule has 8 nitrogen and oxygen atoms in total. The molecule has 1 aliphatic rings. The Morgan fingerprint density at radius 1 is 1.03 bits per heavy atom. The number of piperazine rings is 1. The van der Waals surface area contributed by atoms with Crippen LogP contribution < -0.4 is 10.1 Å². The number of rotatable bonds is 4. The summed E-state index contributed by atoms with van der Waals surface area (Å²) in [7, 11) is 1.50. The van der Waals surface area contributed by atoms with Gasteiger partial charge < -0.3 is 24.4 Å². The normalized spacial score (nSPS) is 14.0. The summed E-state index contributed by atoms with van der Waals surface area (Å²) < 4.78 is 7.28. The van der Waals surface area contributed by atoms with E-state index in [1.165, 1.54) is 12.0 Å². The number of amides is 3. The summed E-state index contributed by atoms with van der Waals surface area (Å²) >= 11 is 6.43. The number of ether oxygens (including phenoxy) is 1. The highest BCUT2D eigenvalue weighted by Crippen LogP contribution is 2.31. The van der Waals surface area contributed by atoms with Crippen LogP contribution in [0.15, 0.2) is 36.7 Å². The van der Waals surface area contributed by atoms with Gasteiger partial charge in [-0.2, -0.15) is 0 Å². The fourth-order valence-electron chi connectivity index (χ4n) is 3.32. The van der Waals surface area contributed by atoms with E-state index in [-0.39, 0.29) is 25.0 Å².